The number of hydrogen-bond acceptors (Lipinski definition) is 38. The Hall–Kier alpha value is -2.88. The maximum atomic E-state index is 11.7. The summed E-state index contributed by atoms with van der Waals surface area (Å²) in [6.07, 6.45) is 7.43. The minimum Gasteiger partial charge on any atom is -0.727 e. The summed E-state index contributed by atoms with van der Waals surface area (Å²) in [4.78, 5) is 51.4. The van der Waals surface area contributed by atoms with Gasteiger partial charge in [-0.2, -0.15) is 30.4 Å². The van der Waals surface area contributed by atoms with E-state index in [0.717, 1.165) is 9.52 Å². The number of hydrogen-bond donors (Lipinski definition) is 22. The zero-order valence-corrected chi connectivity index (χ0v) is 73.4. The highest BCUT2D eigenvalue weighted by molar-refractivity contribution is 5.01. The van der Waals surface area contributed by atoms with Gasteiger partial charge in [-0.1, -0.05) is 0 Å². The lowest BCUT2D eigenvalue weighted by Crippen LogP contribution is -2.60. The molecule has 22 N–H and O–H groups in total. The van der Waals surface area contributed by atoms with Gasteiger partial charge >= 0.3 is 2.85 Å². The van der Waals surface area contributed by atoms with Crippen LogP contribution >= 0.6 is 0 Å². The Labute approximate surface area is 667 Å². The van der Waals surface area contributed by atoms with E-state index in [0.29, 0.717) is 103 Å². The molecule has 8 saturated heterocycles. The fourth-order valence-electron chi connectivity index (χ4n) is 17.7. The van der Waals surface area contributed by atoms with Crippen molar-refractivity contribution in [1.29, 1.82) is 0 Å². The van der Waals surface area contributed by atoms with E-state index >= 15 is 0 Å². The molecule has 8 aliphatic rings. The maximum Gasteiger partial charge on any atom is 1.00 e. The predicted molar refractivity (Wildman–Crippen MR) is 413 cm³/mol. The third kappa shape index (κ3) is 40.3. The van der Waals surface area contributed by atoms with E-state index in [2.05, 4.69) is 0 Å². The molecule has 40 nitrogen and oxygen atoms in total. The van der Waals surface area contributed by atoms with Gasteiger partial charge in [-0.05, 0) is 243 Å². The molecule has 40 heteroatoms. The first-order valence-electron chi connectivity index (χ1n) is 36.9. The molecule has 8 heterocycles. The molecule has 8 rings (SSSR count). The molecule has 0 aliphatic carbocycles. The van der Waals surface area contributed by atoms with Gasteiger partial charge in [-0.3, -0.25) is 21.0 Å². The van der Waals surface area contributed by atoms with E-state index in [4.69, 9.17) is 82.9 Å². The molecule has 0 aromatic heterocycles. The number of nitrogens with zero attached hydrogens (tertiary/aromatic N) is 8. The quantitative estimate of drug-likeness (QED) is 0.0661. The van der Waals surface area contributed by atoms with E-state index < -0.39 is 22.2 Å². The Morgan fingerprint density at radius 2 is 0.268 bits per heavy atom. The summed E-state index contributed by atoms with van der Waals surface area (Å²) >= 11 is 0. The molecule has 0 bridgehead atoms. The van der Waals surface area contributed by atoms with E-state index in [1.165, 1.54) is 30.4 Å². The fraction of sp³-hybridized carbons (Fsp3) is 1.00. The third-order valence-corrected chi connectivity index (χ3v) is 20.8. The van der Waals surface area contributed by atoms with Crippen molar-refractivity contribution in [3.8, 4) is 0 Å². The van der Waals surface area contributed by atoms with Crippen molar-refractivity contribution in [2.75, 3.05) is 0 Å². The molecular formula is C72H160N8O32. The molecule has 0 aromatic rings. The first-order chi connectivity index (χ1) is 50.0. The monoisotopic (exact) mass is 1650 g/mol. The van der Waals surface area contributed by atoms with Crippen molar-refractivity contribution in [2.45, 2.75) is 462 Å². The Bertz CT molecular complexity index is 2050. The van der Waals surface area contributed by atoms with E-state index in [-0.39, 0.29) is 118 Å². The lowest BCUT2D eigenvalue weighted by molar-refractivity contribution is -0.696. The number of aliphatic hydroxyl groups excluding tert-OH is 8. The van der Waals surface area contributed by atoms with Crippen LogP contribution in [-0.2, 0) is 0 Å². The molecule has 112 heavy (non-hydrogen) atoms. The summed E-state index contributed by atoms with van der Waals surface area (Å²) in [6.45, 7) is 61.6. The summed E-state index contributed by atoms with van der Waals surface area (Å²) < 4.78 is 2.24. The first kappa shape index (κ1) is 125. The topological polar surface area (TPSA) is 665 Å². The molecule has 0 atom stereocenters. The number of hydroxylamine groups is 12. The van der Waals surface area contributed by atoms with Crippen LogP contribution in [0.1, 0.15) is 327 Å². The lowest BCUT2D eigenvalue weighted by Gasteiger charge is -2.50. The summed E-state index contributed by atoms with van der Waals surface area (Å²) in [5, 5.41) is 219. The van der Waals surface area contributed by atoms with Crippen LogP contribution in [0.5, 0.6) is 0 Å². The fourth-order valence-corrected chi connectivity index (χ4v) is 17.7. The Morgan fingerprint density at radius 1 is 0.205 bits per heavy atom. The maximum absolute atomic E-state index is 11.7. The number of aliphatic hydroxyl groups is 8. The highest BCUT2D eigenvalue weighted by Crippen LogP contribution is 2.43. The molecule has 0 aromatic carbocycles. The van der Waals surface area contributed by atoms with Crippen LogP contribution in [-0.4, -0.2) is 292 Å². The Morgan fingerprint density at radius 3 is 0.339 bits per heavy atom. The molecule has 0 unspecified atom stereocenters. The van der Waals surface area contributed by atoms with E-state index in [1.807, 2.05) is 222 Å². The summed E-state index contributed by atoms with van der Waals surface area (Å²) in [7, 11) is 0. The van der Waals surface area contributed by atoms with Crippen molar-refractivity contribution in [2.24, 2.45) is 0 Å². The van der Waals surface area contributed by atoms with Crippen LogP contribution in [0.2, 0.25) is 0 Å². The van der Waals surface area contributed by atoms with Gasteiger partial charge < -0.3 is 114 Å². The van der Waals surface area contributed by atoms with Gasteiger partial charge in [0.1, 0.15) is 0 Å². The zero-order valence-electron chi connectivity index (χ0n) is 75.4. The number of rotatable bonds is 0. The predicted octanol–water partition coefficient (Wildman–Crippen LogP) is 6.96. The Kier molecular flexibility index (Phi) is 56.0. The standard InChI is InChI=1S/6C9H19NO2.2C9H18NO2.6H2O2.2O2/c8*1-8(2)5-7(11)6-9(3,4)10(8)12;8*1-2/h6*7,11-12H,5-6H2,1-4H3;2*7,11H,5-6H2,1-4H3;6*1-2H;;/q;;;;;;2*+1;;;;;;;;/p-2. The van der Waals surface area contributed by atoms with Gasteiger partial charge in [0.2, 0.25) is 22.2 Å². The molecular weight excluding hydrogens is 1490 g/mol. The summed E-state index contributed by atoms with van der Waals surface area (Å²) in [5.74, 6) is 0. The minimum atomic E-state index is -0.429. The van der Waals surface area contributed by atoms with Gasteiger partial charge in [0.15, 0.2) is 0 Å². The normalized spacial score (nSPS) is 26.2. The van der Waals surface area contributed by atoms with Gasteiger partial charge in [0.25, 0.3) is 0 Å². The van der Waals surface area contributed by atoms with Crippen molar-refractivity contribution >= 4 is 0 Å². The van der Waals surface area contributed by atoms with Gasteiger partial charge in [-0.25, -0.2) is 0 Å². The second-order valence-electron chi connectivity index (χ2n) is 40.0. The van der Waals surface area contributed by atoms with Gasteiger partial charge in [-0.15, -0.1) is 0 Å². The SMILES string of the molecule is CC1(C)CC(O)CC(C)(C)N1O.CC1(C)CC(O)CC(C)(C)N1O.CC1(C)CC(O)CC(C)(C)N1O.CC1(C)CC(O)CC(C)(C)N1O.CC1(C)CC(O)CC(C)(C)N1O.CC1(C)CC(O)CC(C)(C)N1O.CC1(C)CC(O)CC(C)(C)[N+]1=O.CC1(C)CC(O)CC(C)(C)[N+]1=O.O=O.O=O.OO.OO.[H+].[H+].[O-]O.[O-]O.[O-]O.[O-]O. The molecule has 0 saturated carbocycles. The van der Waals surface area contributed by atoms with Crippen molar-refractivity contribution in [1.82, 2.24) is 30.4 Å². The smallest absolute Gasteiger partial charge is 0.727 e. The van der Waals surface area contributed by atoms with Gasteiger partial charge in [0.05, 0.1) is 48.8 Å². The molecule has 8 aliphatic heterocycles. The van der Waals surface area contributed by atoms with Crippen LogP contribution in [0.4, 0.5) is 0 Å². The average Bonchev–Trinajstić information content (AvgIpc) is 0.856. The van der Waals surface area contributed by atoms with Crippen LogP contribution in [0, 0.1) is 29.7 Å². The average molecular weight is 1650 g/mol. The summed E-state index contributed by atoms with van der Waals surface area (Å²) in [5.41, 5.74) is -5.54. The highest BCUT2D eigenvalue weighted by Gasteiger charge is 2.56. The van der Waals surface area contributed by atoms with Gasteiger partial charge in [0, 0.05) is 187 Å². The first-order valence-corrected chi connectivity index (χ1v) is 36.9. The van der Waals surface area contributed by atoms with Crippen LogP contribution in [0.15, 0.2) is 0 Å². The summed E-state index contributed by atoms with van der Waals surface area (Å²) in [6, 6.07) is 0. The Balaban J connectivity index is -0.000000132. The second kappa shape index (κ2) is 50.3. The lowest BCUT2D eigenvalue weighted by atomic mass is 9.80. The molecule has 0 amide bonds. The molecule has 680 valence electrons. The second-order valence-corrected chi connectivity index (χ2v) is 40.0. The van der Waals surface area contributed by atoms with Crippen molar-refractivity contribution < 1.29 is 148 Å². The van der Waals surface area contributed by atoms with Crippen LogP contribution < -0.4 is 21.0 Å². The number of piperidine rings is 8. The van der Waals surface area contributed by atoms with E-state index in [9.17, 15) is 81.9 Å². The molecule has 0 radical (unpaired) electrons. The van der Waals surface area contributed by atoms with E-state index in [1.54, 1.807) is 0 Å². The highest BCUT2D eigenvalue weighted by atomic mass is 17.0. The van der Waals surface area contributed by atoms with Crippen molar-refractivity contribution in [3.05, 3.63) is 29.7 Å². The van der Waals surface area contributed by atoms with Crippen LogP contribution in [0.25, 0.3) is 0 Å². The van der Waals surface area contributed by atoms with Crippen LogP contribution in [0.3, 0.4) is 0 Å². The molecule has 8 fully saturated rings. The zero-order chi connectivity index (χ0) is 92.6. The largest absolute Gasteiger partial charge is 1.00 e. The third-order valence-electron chi connectivity index (χ3n) is 20.8. The van der Waals surface area contributed by atoms with Crippen molar-refractivity contribution in [3.63, 3.8) is 0 Å². The molecule has 0 spiro atoms. The number of nitroso groups, excluding NO2 is 2. The minimum absolute atomic E-state index is 0.